The minimum Gasteiger partial charge on any atom is -0.455 e. The van der Waals surface area contributed by atoms with E-state index in [1.54, 1.807) is 6.92 Å². The molecule has 6 heteroatoms. The number of ketones is 1. The molecule has 2 aromatic heterocycles. The van der Waals surface area contributed by atoms with Crippen molar-refractivity contribution in [2.75, 3.05) is 5.32 Å². The van der Waals surface area contributed by atoms with E-state index in [9.17, 15) is 9.59 Å². The highest BCUT2D eigenvalue weighted by Gasteiger charge is 2.37. The number of nitrogens with one attached hydrogen (secondary N) is 1. The first-order valence-electron chi connectivity index (χ1n) is 8.16. The number of benzene rings is 1. The highest BCUT2D eigenvalue weighted by atomic mass is 32.1. The van der Waals surface area contributed by atoms with Gasteiger partial charge in [-0.05, 0) is 24.5 Å². The zero-order valence-electron chi connectivity index (χ0n) is 14.3. The van der Waals surface area contributed by atoms with E-state index in [2.05, 4.69) is 10.3 Å². The lowest BCUT2D eigenvalue weighted by Crippen LogP contribution is -2.26. The number of anilines is 1. The zero-order chi connectivity index (χ0) is 17.8. The molecule has 1 N–H and O–H groups in total. The first-order valence-corrected chi connectivity index (χ1v) is 8.98. The van der Waals surface area contributed by atoms with E-state index < -0.39 is 0 Å². The Kier molecular flexibility index (Phi) is 3.54. The summed E-state index contributed by atoms with van der Waals surface area (Å²) in [5, 5.41) is 3.32. The maximum atomic E-state index is 12.6. The molecule has 0 saturated heterocycles. The zero-order valence-corrected chi connectivity index (χ0v) is 15.1. The summed E-state index contributed by atoms with van der Waals surface area (Å²) in [5.41, 5.74) is 1.90. The normalized spacial score (nSPS) is 16.0. The number of fused-ring (bicyclic) bond motifs is 2. The van der Waals surface area contributed by atoms with Crippen molar-refractivity contribution in [2.45, 2.75) is 33.6 Å². The van der Waals surface area contributed by atoms with Gasteiger partial charge in [0.15, 0.2) is 16.7 Å². The van der Waals surface area contributed by atoms with Crippen LogP contribution in [0.1, 0.15) is 52.5 Å². The van der Waals surface area contributed by atoms with Crippen molar-refractivity contribution in [3.05, 3.63) is 46.9 Å². The van der Waals surface area contributed by atoms with E-state index in [0.717, 1.165) is 10.2 Å². The number of furan rings is 1. The molecule has 2 heterocycles. The van der Waals surface area contributed by atoms with Gasteiger partial charge >= 0.3 is 0 Å². The quantitative estimate of drug-likeness (QED) is 0.730. The summed E-state index contributed by atoms with van der Waals surface area (Å²) in [6, 6.07) is 7.70. The van der Waals surface area contributed by atoms with Crippen molar-refractivity contribution in [2.24, 2.45) is 5.41 Å². The van der Waals surface area contributed by atoms with Crippen LogP contribution < -0.4 is 5.32 Å². The predicted octanol–water partition coefficient (Wildman–Crippen LogP) is 4.61. The van der Waals surface area contributed by atoms with Crippen LogP contribution in [0.2, 0.25) is 0 Å². The monoisotopic (exact) mass is 354 g/mol. The van der Waals surface area contributed by atoms with Crippen LogP contribution in [0.5, 0.6) is 0 Å². The van der Waals surface area contributed by atoms with Gasteiger partial charge in [0.05, 0.1) is 15.8 Å². The summed E-state index contributed by atoms with van der Waals surface area (Å²) in [6.45, 7) is 5.84. The van der Waals surface area contributed by atoms with Crippen LogP contribution in [0, 0.1) is 12.3 Å². The second-order valence-electron chi connectivity index (χ2n) is 7.24. The van der Waals surface area contributed by atoms with Gasteiger partial charge in [-0.3, -0.25) is 14.9 Å². The molecule has 3 aromatic rings. The van der Waals surface area contributed by atoms with Gasteiger partial charge in [-0.1, -0.05) is 37.3 Å². The third kappa shape index (κ3) is 2.76. The third-order valence-electron chi connectivity index (χ3n) is 4.50. The number of aromatic nitrogens is 1. The molecule has 0 fully saturated rings. The predicted molar refractivity (Wildman–Crippen MR) is 97.5 cm³/mol. The number of Topliss-reactive ketones (excluding diaryl/α,β-unsaturated/α-hetero) is 1. The molecule has 25 heavy (non-hydrogen) atoms. The minimum absolute atomic E-state index is 0.0477. The van der Waals surface area contributed by atoms with Crippen molar-refractivity contribution in [3.63, 3.8) is 0 Å². The summed E-state index contributed by atoms with van der Waals surface area (Å²) in [7, 11) is 0. The second kappa shape index (κ2) is 5.52. The summed E-state index contributed by atoms with van der Waals surface area (Å²) >= 11 is 1.41. The van der Waals surface area contributed by atoms with Crippen molar-refractivity contribution in [1.82, 2.24) is 4.98 Å². The number of hydrogen-bond donors (Lipinski definition) is 1. The maximum absolute atomic E-state index is 12.6. The number of para-hydroxylation sites is 1. The molecule has 1 aromatic carbocycles. The topological polar surface area (TPSA) is 72.2 Å². The number of amides is 1. The Balaban J connectivity index is 1.66. The van der Waals surface area contributed by atoms with Crippen LogP contribution in [0.3, 0.4) is 0 Å². The van der Waals surface area contributed by atoms with E-state index in [-0.39, 0.29) is 22.9 Å². The van der Waals surface area contributed by atoms with Gasteiger partial charge < -0.3 is 4.42 Å². The highest BCUT2D eigenvalue weighted by Crippen LogP contribution is 2.38. The summed E-state index contributed by atoms with van der Waals surface area (Å²) in [6.07, 6.45) is 1.13. The Labute approximate surface area is 149 Å². The molecule has 0 saturated carbocycles. The van der Waals surface area contributed by atoms with Crippen LogP contribution in [-0.2, 0) is 6.42 Å². The lowest BCUT2D eigenvalue weighted by Gasteiger charge is -2.27. The molecular weight excluding hydrogens is 336 g/mol. The summed E-state index contributed by atoms with van der Waals surface area (Å²) < 4.78 is 6.80. The molecule has 0 unspecified atom stereocenters. The molecule has 1 aliphatic rings. The molecule has 4 rings (SSSR count). The van der Waals surface area contributed by atoms with Crippen LogP contribution in [0.15, 0.2) is 28.7 Å². The molecule has 1 aliphatic carbocycles. The lowest BCUT2D eigenvalue weighted by atomic mass is 9.76. The van der Waals surface area contributed by atoms with Crippen molar-refractivity contribution >= 4 is 38.4 Å². The molecule has 0 atom stereocenters. The number of carbonyl (C=O) groups is 2. The first-order chi connectivity index (χ1) is 11.8. The molecular formula is C19H18N2O3S. The standard InChI is InChI=1S/C19H18N2O3S/c1-10-15-12(22)8-19(2,3)9-13(15)24-16(10)17(23)21-18-20-11-6-4-5-7-14(11)25-18/h4-7H,8-9H2,1-3H3,(H,20,21,23). The third-order valence-corrected chi connectivity index (χ3v) is 5.45. The van der Waals surface area contributed by atoms with Gasteiger partial charge in [-0.25, -0.2) is 4.98 Å². The van der Waals surface area contributed by atoms with E-state index >= 15 is 0 Å². The molecule has 0 aliphatic heterocycles. The largest absolute Gasteiger partial charge is 0.455 e. The molecule has 0 radical (unpaired) electrons. The van der Waals surface area contributed by atoms with Gasteiger partial charge in [0.1, 0.15) is 5.76 Å². The fraction of sp³-hybridized carbons (Fsp3) is 0.316. The Morgan fingerprint density at radius 1 is 1.28 bits per heavy atom. The van der Waals surface area contributed by atoms with Crippen LogP contribution in [-0.4, -0.2) is 16.7 Å². The Morgan fingerprint density at radius 2 is 2.04 bits per heavy atom. The molecule has 5 nitrogen and oxygen atoms in total. The Morgan fingerprint density at radius 3 is 2.80 bits per heavy atom. The van der Waals surface area contributed by atoms with Crippen LogP contribution in [0.4, 0.5) is 5.13 Å². The van der Waals surface area contributed by atoms with Gasteiger partial charge in [-0.2, -0.15) is 0 Å². The van der Waals surface area contributed by atoms with E-state index in [1.165, 1.54) is 11.3 Å². The van der Waals surface area contributed by atoms with Crippen molar-refractivity contribution in [3.8, 4) is 0 Å². The van der Waals surface area contributed by atoms with E-state index in [4.69, 9.17) is 4.42 Å². The SMILES string of the molecule is Cc1c(C(=O)Nc2nc3ccccc3s2)oc2c1C(=O)CC(C)(C)C2. The van der Waals surface area contributed by atoms with Gasteiger partial charge in [0.25, 0.3) is 5.91 Å². The van der Waals surface area contributed by atoms with E-state index in [0.29, 0.717) is 34.9 Å². The number of nitrogens with zero attached hydrogens (tertiary/aromatic N) is 1. The lowest BCUT2D eigenvalue weighted by molar-refractivity contribution is 0.0898. The van der Waals surface area contributed by atoms with Gasteiger partial charge in [0, 0.05) is 18.4 Å². The second-order valence-corrected chi connectivity index (χ2v) is 8.27. The number of rotatable bonds is 2. The van der Waals surface area contributed by atoms with E-state index in [1.807, 2.05) is 38.1 Å². The van der Waals surface area contributed by atoms with Gasteiger partial charge in [-0.15, -0.1) is 0 Å². The summed E-state index contributed by atoms with van der Waals surface area (Å²) in [5.74, 6) is 0.506. The average molecular weight is 354 g/mol. The Hall–Kier alpha value is -2.47. The molecule has 1 amide bonds. The Bertz CT molecular complexity index is 980. The molecule has 0 bridgehead atoms. The fourth-order valence-corrected chi connectivity index (χ4v) is 4.24. The maximum Gasteiger partial charge on any atom is 0.293 e. The van der Waals surface area contributed by atoms with Crippen molar-refractivity contribution < 1.29 is 14.0 Å². The number of hydrogen-bond acceptors (Lipinski definition) is 5. The smallest absolute Gasteiger partial charge is 0.293 e. The highest BCUT2D eigenvalue weighted by molar-refractivity contribution is 7.22. The molecule has 128 valence electrons. The molecule has 0 spiro atoms. The van der Waals surface area contributed by atoms with Crippen molar-refractivity contribution in [1.29, 1.82) is 0 Å². The van der Waals surface area contributed by atoms with Crippen LogP contribution in [0.25, 0.3) is 10.2 Å². The minimum atomic E-state index is -0.364. The van der Waals surface area contributed by atoms with Crippen LogP contribution >= 0.6 is 11.3 Å². The average Bonchev–Trinajstić information content (AvgIpc) is 3.06. The summed E-state index contributed by atoms with van der Waals surface area (Å²) in [4.78, 5) is 29.5. The number of carbonyl (C=O) groups excluding carboxylic acids is 2. The fourth-order valence-electron chi connectivity index (χ4n) is 3.38. The van der Waals surface area contributed by atoms with Gasteiger partial charge in [0.2, 0.25) is 0 Å². The number of thiazole rings is 1. The first kappa shape index (κ1) is 16.0.